The van der Waals surface area contributed by atoms with Gasteiger partial charge >= 0.3 is 0 Å². The molecular formula is C6H12ClNOS2. The summed E-state index contributed by atoms with van der Waals surface area (Å²) < 4.78 is 0. The molecule has 0 saturated carbocycles. The number of carbonyl (C=O) groups excluding carboxylic acids is 1. The van der Waals surface area contributed by atoms with Crippen molar-refractivity contribution >= 4 is 38.5 Å². The molecule has 0 unspecified atom stereocenters. The quantitative estimate of drug-likeness (QED) is 0.754. The van der Waals surface area contributed by atoms with Gasteiger partial charge in [0.2, 0.25) is 5.12 Å². The zero-order valence-corrected chi connectivity index (χ0v) is 8.98. The number of thioether (sulfide) groups is 1. The standard InChI is InChI=1S/C6H12ClNOS2/c1-8-5(3-4-10-2)6(9)11-7/h5,8H,3-4H2,1-2H3/t5-/m0/s1. The normalized spacial score (nSPS) is 13.0. The molecule has 0 amide bonds. The van der Waals surface area contributed by atoms with Crippen molar-refractivity contribution in [1.29, 1.82) is 0 Å². The van der Waals surface area contributed by atoms with E-state index in [1.807, 2.05) is 6.26 Å². The molecule has 2 nitrogen and oxygen atoms in total. The van der Waals surface area contributed by atoms with Crippen LogP contribution in [-0.4, -0.2) is 30.2 Å². The Hall–Kier alpha value is 0.620. The van der Waals surface area contributed by atoms with Crippen molar-refractivity contribution in [1.82, 2.24) is 5.32 Å². The molecule has 0 heterocycles. The van der Waals surface area contributed by atoms with E-state index in [1.165, 1.54) is 0 Å². The van der Waals surface area contributed by atoms with Gasteiger partial charge in [0, 0.05) is 11.0 Å². The van der Waals surface area contributed by atoms with E-state index in [2.05, 4.69) is 5.32 Å². The average molecular weight is 214 g/mol. The maximum atomic E-state index is 11.0. The number of rotatable bonds is 5. The summed E-state index contributed by atoms with van der Waals surface area (Å²) in [4.78, 5) is 11.0. The topological polar surface area (TPSA) is 29.1 Å². The van der Waals surface area contributed by atoms with Gasteiger partial charge in [-0.3, -0.25) is 4.79 Å². The number of nitrogens with one attached hydrogen (secondary N) is 1. The molecular weight excluding hydrogens is 202 g/mol. The lowest BCUT2D eigenvalue weighted by molar-refractivity contribution is -0.112. The average Bonchev–Trinajstić information content (AvgIpc) is 2.05. The lowest BCUT2D eigenvalue weighted by atomic mass is 10.2. The van der Waals surface area contributed by atoms with Crippen LogP contribution in [-0.2, 0) is 4.79 Å². The zero-order valence-electron chi connectivity index (χ0n) is 6.59. The van der Waals surface area contributed by atoms with E-state index in [0.717, 1.165) is 23.1 Å². The number of hydrogen-bond acceptors (Lipinski definition) is 4. The third-order valence-corrected chi connectivity index (χ3v) is 2.86. The van der Waals surface area contributed by atoms with Crippen molar-refractivity contribution < 1.29 is 4.79 Å². The molecule has 0 bridgehead atoms. The van der Waals surface area contributed by atoms with Gasteiger partial charge < -0.3 is 5.32 Å². The first-order valence-electron chi connectivity index (χ1n) is 3.25. The highest BCUT2D eigenvalue weighted by Gasteiger charge is 2.14. The molecule has 0 aromatic heterocycles. The highest BCUT2D eigenvalue weighted by atomic mass is 35.7. The van der Waals surface area contributed by atoms with Crippen molar-refractivity contribution in [2.24, 2.45) is 0 Å². The first-order valence-corrected chi connectivity index (χ1v) is 6.28. The molecule has 0 aromatic rings. The molecule has 0 aliphatic carbocycles. The van der Waals surface area contributed by atoms with Gasteiger partial charge in [0.25, 0.3) is 0 Å². The fourth-order valence-corrected chi connectivity index (χ4v) is 1.81. The summed E-state index contributed by atoms with van der Waals surface area (Å²) in [6.07, 6.45) is 2.86. The van der Waals surface area contributed by atoms with E-state index < -0.39 is 0 Å². The number of halogens is 1. The van der Waals surface area contributed by atoms with Crippen LogP contribution in [0.2, 0.25) is 0 Å². The van der Waals surface area contributed by atoms with Crippen molar-refractivity contribution in [3.63, 3.8) is 0 Å². The molecule has 1 atom stereocenters. The van der Waals surface area contributed by atoms with Crippen LogP contribution < -0.4 is 5.32 Å². The van der Waals surface area contributed by atoms with E-state index in [0.29, 0.717) is 0 Å². The van der Waals surface area contributed by atoms with Crippen LogP contribution in [0, 0.1) is 0 Å². The van der Waals surface area contributed by atoms with E-state index in [9.17, 15) is 4.79 Å². The molecule has 5 heteroatoms. The summed E-state index contributed by atoms with van der Waals surface area (Å²) in [6.45, 7) is 0. The predicted molar refractivity (Wildman–Crippen MR) is 54.3 cm³/mol. The first kappa shape index (κ1) is 11.6. The molecule has 0 rings (SSSR count). The largest absolute Gasteiger partial charge is 0.310 e. The smallest absolute Gasteiger partial charge is 0.221 e. The number of carbonyl (C=O) groups is 1. The van der Waals surface area contributed by atoms with Crippen LogP contribution in [0.4, 0.5) is 0 Å². The molecule has 0 aromatic carbocycles. The highest BCUT2D eigenvalue weighted by Crippen LogP contribution is 2.13. The lowest BCUT2D eigenvalue weighted by Gasteiger charge is -2.10. The predicted octanol–water partition coefficient (Wildman–Crippen LogP) is 1.74. The second kappa shape index (κ2) is 7.28. The van der Waals surface area contributed by atoms with Gasteiger partial charge in [-0.25, -0.2) is 0 Å². The summed E-state index contributed by atoms with van der Waals surface area (Å²) in [6, 6.07) is -0.0926. The van der Waals surface area contributed by atoms with Crippen LogP contribution in [0.25, 0.3) is 0 Å². The molecule has 0 aliphatic rings. The van der Waals surface area contributed by atoms with Gasteiger partial charge in [0.15, 0.2) is 0 Å². The summed E-state index contributed by atoms with van der Waals surface area (Å²) in [5, 5.41) is 2.92. The zero-order chi connectivity index (χ0) is 8.69. The minimum atomic E-state index is -0.0926. The van der Waals surface area contributed by atoms with Crippen molar-refractivity contribution in [2.45, 2.75) is 12.5 Å². The Bertz CT molecular complexity index is 123. The van der Waals surface area contributed by atoms with Gasteiger partial charge in [-0.1, -0.05) is 0 Å². The minimum absolute atomic E-state index is 0.00298. The highest BCUT2D eigenvalue weighted by molar-refractivity contribution is 8.32. The second-order valence-electron chi connectivity index (χ2n) is 2.02. The third-order valence-electron chi connectivity index (χ3n) is 1.32. The molecule has 0 fully saturated rings. The minimum Gasteiger partial charge on any atom is -0.310 e. The van der Waals surface area contributed by atoms with Gasteiger partial charge in [-0.2, -0.15) is 11.8 Å². The van der Waals surface area contributed by atoms with Crippen LogP contribution in [0.15, 0.2) is 0 Å². The Balaban J connectivity index is 3.65. The van der Waals surface area contributed by atoms with Crippen molar-refractivity contribution in [3.8, 4) is 0 Å². The van der Waals surface area contributed by atoms with Gasteiger partial charge in [-0.15, -0.1) is 0 Å². The van der Waals surface area contributed by atoms with Crippen LogP contribution in [0.3, 0.4) is 0 Å². The van der Waals surface area contributed by atoms with E-state index in [-0.39, 0.29) is 11.2 Å². The molecule has 66 valence electrons. The maximum absolute atomic E-state index is 11.0. The Morgan fingerprint density at radius 1 is 1.73 bits per heavy atom. The van der Waals surface area contributed by atoms with E-state index >= 15 is 0 Å². The summed E-state index contributed by atoms with van der Waals surface area (Å²) in [5.41, 5.74) is 0. The summed E-state index contributed by atoms with van der Waals surface area (Å²) >= 11 is 1.73. The molecule has 11 heavy (non-hydrogen) atoms. The van der Waals surface area contributed by atoms with E-state index in [1.54, 1.807) is 18.8 Å². The van der Waals surface area contributed by atoms with Crippen LogP contribution >= 0.6 is 33.4 Å². The SMILES string of the molecule is CN[C@@H](CCSC)C(=O)SCl. The van der Waals surface area contributed by atoms with Gasteiger partial charge in [-0.05, 0) is 36.2 Å². The Labute approximate surface area is 80.3 Å². The van der Waals surface area contributed by atoms with Crippen molar-refractivity contribution in [3.05, 3.63) is 0 Å². The monoisotopic (exact) mass is 213 g/mol. The molecule has 0 spiro atoms. The number of hydrogen-bond donors (Lipinski definition) is 1. The second-order valence-corrected chi connectivity index (χ2v) is 4.02. The Kier molecular flexibility index (Phi) is 7.69. The maximum Gasteiger partial charge on any atom is 0.221 e. The Morgan fingerprint density at radius 2 is 2.36 bits per heavy atom. The molecule has 0 aliphatic heterocycles. The number of likely N-dealkylation sites (N-methyl/N-ethyl adjacent to an activating group) is 1. The Morgan fingerprint density at radius 3 is 2.73 bits per heavy atom. The van der Waals surface area contributed by atoms with Crippen molar-refractivity contribution in [2.75, 3.05) is 19.1 Å². The van der Waals surface area contributed by atoms with Gasteiger partial charge in [0.05, 0.1) is 6.04 Å². The van der Waals surface area contributed by atoms with Crippen LogP contribution in [0.1, 0.15) is 6.42 Å². The first-order chi connectivity index (χ1) is 5.26. The van der Waals surface area contributed by atoms with Crippen LogP contribution in [0.5, 0.6) is 0 Å². The fourth-order valence-electron chi connectivity index (χ4n) is 0.670. The third kappa shape index (κ3) is 4.95. The van der Waals surface area contributed by atoms with Gasteiger partial charge in [0.1, 0.15) is 0 Å². The fraction of sp³-hybridized carbons (Fsp3) is 0.833. The summed E-state index contributed by atoms with van der Waals surface area (Å²) in [7, 11) is 7.87. The lowest BCUT2D eigenvalue weighted by Crippen LogP contribution is -2.32. The molecule has 1 N–H and O–H groups in total. The summed E-state index contributed by atoms with van der Waals surface area (Å²) in [5.74, 6) is 0.981. The van der Waals surface area contributed by atoms with E-state index in [4.69, 9.17) is 10.7 Å². The molecule has 0 saturated heterocycles. The molecule has 0 radical (unpaired) electrons.